The van der Waals surface area contributed by atoms with Gasteiger partial charge in [-0.05, 0) is 108 Å². The molecule has 198 valence electrons. The number of esters is 1. The van der Waals surface area contributed by atoms with E-state index < -0.39 is 0 Å². The molecule has 3 fully saturated rings. The number of amides is 1. The first-order valence-electron chi connectivity index (χ1n) is 14.6. The van der Waals surface area contributed by atoms with Gasteiger partial charge in [0.25, 0.3) is 0 Å². The van der Waals surface area contributed by atoms with Gasteiger partial charge in [0.1, 0.15) is 0 Å². The normalized spacial score (nSPS) is 28.7. The molecule has 5 heteroatoms. The molecule has 38 heavy (non-hydrogen) atoms. The fraction of sp³-hybridized carbons (Fsp3) is 0.545. The van der Waals surface area contributed by atoms with Gasteiger partial charge in [0, 0.05) is 18.2 Å². The van der Waals surface area contributed by atoms with Crippen LogP contribution in [0.2, 0.25) is 0 Å². The maximum Gasteiger partial charge on any atom is 0.306 e. The highest BCUT2D eigenvalue weighted by Crippen LogP contribution is 2.55. The fourth-order valence-electron chi connectivity index (χ4n) is 7.96. The summed E-state index contributed by atoms with van der Waals surface area (Å²) in [6.07, 6.45) is 6.96. The number of fused-ring (bicyclic) bond motifs is 5. The molecule has 2 aromatic carbocycles. The molecule has 0 spiro atoms. The SMILES string of the molecule is COC(=O)C[C@H](C(=O)N1C2CC2C[C@H]1C1=Nc2ccc(-c3ccc(C)c4c3CC3CCC43)cc2C1)C(C)C. The zero-order valence-corrected chi connectivity index (χ0v) is 23.0. The van der Waals surface area contributed by atoms with Gasteiger partial charge < -0.3 is 9.64 Å². The second-order valence-corrected chi connectivity index (χ2v) is 12.8. The fourth-order valence-corrected chi connectivity index (χ4v) is 7.96. The first-order chi connectivity index (χ1) is 18.3. The van der Waals surface area contributed by atoms with Crippen LogP contribution in [-0.2, 0) is 27.2 Å². The summed E-state index contributed by atoms with van der Waals surface area (Å²) in [6.45, 7) is 6.33. The summed E-state index contributed by atoms with van der Waals surface area (Å²) >= 11 is 0. The van der Waals surface area contributed by atoms with Crippen LogP contribution >= 0.6 is 0 Å². The topological polar surface area (TPSA) is 59.0 Å². The zero-order chi connectivity index (χ0) is 26.3. The molecular formula is C33H38N2O3. The van der Waals surface area contributed by atoms with E-state index in [0.29, 0.717) is 12.0 Å². The van der Waals surface area contributed by atoms with E-state index in [9.17, 15) is 9.59 Å². The molecule has 7 rings (SSSR count). The molecule has 3 aliphatic carbocycles. The minimum atomic E-state index is -0.348. The molecule has 1 amide bonds. The van der Waals surface area contributed by atoms with E-state index in [2.05, 4.69) is 42.2 Å². The molecule has 2 saturated carbocycles. The maximum absolute atomic E-state index is 13.8. The highest BCUT2D eigenvalue weighted by atomic mass is 16.5. The van der Waals surface area contributed by atoms with E-state index in [4.69, 9.17) is 9.73 Å². The third kappa shape index (κ3) is 3.68. The third-order valence-corrected chi connectivity index (χ3v) is 10.3. The Bertz CT molecular complexity index is 1370. The van der Waals surface area contributed by atoms with E-state index in [1.807, 2.05) is 13.8 Å². The smallest absolute Gasteiger partial charge is 0.306 e. The minimum absolute atomic E-state index is 0.0419. The van der Waals surface area contributed by atoms with Crippen LogP contribution in [0, 0.1) is 30.6 Å². The Labute approximate surface area is 225 Å². The van der Waals surface area contributed by atoms with Gasteiger partial charge >= 0.3 is 5.97 Å². The molecule has 0 aromatic heterocycles. The number of methoxy groups -OCH3 is 1. The number of nitrogens with zero attached hydrogens (tertiary/aromatic N) is 2. The van der Waals surface area contributed by atoms with Crippen molar-refractivity contribution in [3.63, 3.8) is 0 Å². The molecule has 2 heterocycles. The predicted molar refractivity (Wildman–Crippen MR) is 149 cm³/mol. The molecular weight excluding hydrogens is 472 g/mol. The van der Waals surface area contributed by atoms with Crippen molar-refractivity contribution in [2.75, 3.05) is 7.11 Å². The quantitative estimate of drug-likeness (QED) is 0.437. The molecule has 5 aliphatic rings. The molecule has 0 N–H and O–H groups in total. The van der Waals surface area contributed by atoms with Gasteiger partial charge in [-0.3, -0.25) is 14.6 Å². The van der Waals surface area contributed by atoms with Crippen LogP contribution in [0.5, 0.6) is 0 Å². The molecule has 2 aromatic rings. The number of aliphatic imine (C=N–C) groups is 1. The molecule has 1 saturated heterocycles. The summed E-state index contributed by atoms with van der Waals surface area (Å²) in [6, 6.07) is 11.8. The lowest BCUT2D eigenvalue weighted by molar-refractivity contribution is -0.148. The van der Waals surface area contributed by atoms with Gasteiger partial charge in [0.15, 0.2) is 0 Å². The predicted octanol–water partition coefficient (Wildman–Crippen LogP) is 6.17. The standard InChI is InChI=1S/C33H38N2O3/c1-17(2)25(16-31(36)38-4)33(37)35-29-14-22(29)15-30(35)28-13-21-11-19(7-10-27(21)34-28)23-8-5-18(3)32-24-9-6-20(24)12-26(23)32/h5,7-8,10-11,17,20,22,24-25,29-30H,6,9,12-16H2,1-4H3/t20?,22?,24?,25-,29?,30-/m0/s1. The Hall–Kier alpha value is -2.95. The molecule has 6 atom stereocenters. The van der Waals surface area contributed by atoms with Crippen LogP contribution in [-0.4, -0.2) is 41.7 Å². The van der Waals surface area contributed by atoms with E-state index in [-0.39, 0.29) is 36.2 Å². The second kappa shape index (κ2) is 8.79. The van der Waals surface area contributed by atoms with E-state index >= 15 is 0 Å². The van der Waals surface area contributed by atoms with Crippen molar-refractivity contribution in [2.45, 2.75) is 83.7 Å². The maximum atomic E-state index is 13.8. The van der Waals surface area contributed by atoms with Gasteiger partial charge in [-0.1, -0.05) is 32.0 Å². The summed E-state index contributed by atoms with van der Waals surface area (Å²) in [5.74, 6) is 1.72. The summed E-state index contributed by atoms with van der Waals surface area (Å²) < 4.78 is 4.91. The monoisotopic (exact) mass is 510 g/mol. The number of benzene rings is 2. The Morgan fingerprint density at radius 2 is 1.95 bits per heavy atom. The van der Waals surface area contributed by atoms with Crippen molar-refractivity contribution in [2.24, 2.45) is 28.7 Å². The first kappa shape index (κ1) is 24.1. The lowest BCUT2D eigenvalue weighted by Gasteiger charge is -2.32. The Balaban J connectivity index is 1.14. The average molecular weight is 511 g/mol. The van der Waals surface area contributed by atoms with Gasteiger partial charge in [-0.2, -0.15) is 0 Å². The van der Waals surface area contributed by atoms with Crippen LogP contribution in [0.15, 0.2) is 35.3 Å². The molecule has 4 unspecified atom stereocenters. The van der Waals surface area contributed by atoms with Crippen molar-refractivity contribution in [3.8, 4) is 11.1 Å². The largest absolute Gasteiger partial charge is 0.469 e. The molecule has 0 bridgehead atoms. The van der Waals surface area contributed by atoms with Gasteiger partial charge in [-0.25, -0.2) is 0 Å². The van der Waals surface area contributed by atoms with Gasteiger partial charge in [0.2, 0.25) is 5.91 Å². The molecule has 0 radical (unpaired) electrons. The van der Waals surface area contributed by atoms with Crippen molar-refractivity contribution < 1.29 is 14.3 Å². The molecule has 5 nitrogen and oxygen atoms in total. The van der Waals surface area contributed by atoms with Crippen molar-refractivity contribution >= 4 is 23.3 Å². The number of rotatable bonds is 6. The van der Waals surface area contributed by atoms with Crippen LogP contribution < -0.4 is 0 Å². The lowest BCUT2D eigenvalue weighted by Crippen LogP contribution is -2.47. The Morgan fingerprint density at radius 3 is 2.68 bits per heavy atom. The highest BCUT2D eigenvalue weighted by Gasteiger charge is 2.56. The summed E-state index contributed by atoms with van der Waals surface area (Å²) in [4.78, 5) is 33.1. The summed E-state index contributed by atoms with van der Waals surface area (Å²) in [7, 11) is 1.40. The molecule has 2 aliphatic heterocycles. The van der Waals surface area contributed by atoms with Crippen LogP contribution in [0.3, 0.4) is 0 Å². The number of carbonyl (C=O) groups excluding carboxylic acids is 2. The van der Waals surface area contributed by atoms with Crippen LogP contribution in [0.4, 0.5) is 5.69 Å². The number of piperidine rings is 1. The number of likely N-dealkylation sites (tertiary alicyclic amines) is 1. The number of ether oxygens (including phenoxy) is 1. The summed E-state index contributed by atoms with van der Waals surface area (Å²) in [5, 5.41) is 0. The number of aryl methyl sites for hydroxylation is 1. The van der Waals surface area contributed by atoms with Gasteiger partial charge in [-0.15, -0.1) is 0 Å². The minimum Gasteiger partial charge on any atom is -0.469 e. The number of hydrogen-bond acceptors (Lipinski definition) is 4. The zero-order valence-electron chi connectivity index (χ0n) is 23.0. The second-order valence-electron chi connectivity index (χ2n) is 12.8. The average Bonchev–Trinajstić information content (AvgIpc) is 3.23. The van der Waals surface area contributed by atoms with Crippen molar-refractivity contribution in [1.82, 2.24) is 4.90 Å². The Kier molecular flexibility index (Phi) is 5.58. The van der Waals surface area contributed by atoms with Crippen LogP contribution in [0.1, 0.15) is 74.1 Å². The van der Waals surface area contributed by atoms with Crippen molar-refractivity contribution in [3.05, 3.63) is 52.6 Å². The summed E-state index contributed by atoms with van der Waals surface area (Å²) in [5.41, 5.74) is 10.8. The number of hydrogen-bond donors (Lipinski definition) is 0. The highest BCUT2D eigenvalue weighted by molar-refractivity contribution is 6.01. The van der Waals surface area contributed by atoms with Gasteiger partial charge in [0.05, 0.1) is 31.2 Å². The van der Waals surface area contributed by atoms with Crippen molar-refractivity contribution in [1.29, 1.82) is 0 Å². The lowest BCUT2D eigenvalue weighted by atomic mass is 9.73. The van der Waals surface area contributed by atoms with E-state index in [1.54, 1.807) is 11.1 Å². The van der Waals surface area contributed by atoms with E-state index in [1.165, 1.54) is 48.6 Å². The van der Waals surface area contributed by atoms with E-state index in [0.717, 1.165) is 42.5 Å². The Morgan fingerprint density at radius 1 is 1.11 bits per heavy atom. The first-order valence-corrected chi connectivity index (χ1v) is 14.6. The third-order valence-electron chi connectivity index (χ3n) is 10.3. The van der Waals surface area contributed by atoms with Crippen LogP contribution in [0.25, 0.3) is 11.1 Å². The number of carbonyl (C=O) groups is 2.